The van der Waals surface area contributed by atoms with Gasteiger partial charge in [-0.2, -0.15) is 0 Å². The van der Waals surface area contributed by atoms with Gasteiger partial charge in [0.05, 0.1) is 0 Å². The Bertz CT molecular complexity index is 802. The normalized spacial score (nSPS) is 10.5. The van der Waals surface area contributed by atoms with Crippen LogP contribution in [0.5, 0.6) is 0 Å². The van der Waals surface area contributed by atoms with Crippen LogP contribution in [0.2, 0.25) is 0 Å². The molecule has 3 rings (SSSR count). The Morgan fingerprint density at radius 2 is 1.83 bits per heavy atom. The van der Waals surface area contributed by atoms with Gasteiger partial charge in [0.25, 0.3) is 0 Å². The van der Waals surface area contributed by atoms with Crippen molar-refractivity contribution in [1.29, 1.82) is 0 Å². The van der Waals surface area contributed by atoms with Crippen LogP contribution >= 0.6 is 23.1 Å². The first-order chi connectivity index (χ1) is 11.2. The molecule has 1 heterocycles. The molecule has 0 aliphatic carbocycles. The van der Waals surface area contributed by atoms with E-state index in [4.69, 9.17) is 0 Å². The summed E-state index contributed by atoms with van der Waals surface area (Å²) < 4.78 is 0. The van der Waals surface area contributed by atoms with Crippen molar-refractivity contribution < 1.29 is 4.79 Å². The minimum absolute atomic E-state index is 0.139. The SMILES string of the molecule is CC(=O)Nc1nnc(-c2ccccc2SCc2ccccc2)s1. The van der Waals surface area contributed by atoms with Crippen molar-refractivity contribution in [2.75, 3.05) is 5.32 Å². The number of hydrogen-bond donors (Lipinski definition) is 1. The first kappa shape index (κ1) is 15.7. The number of rotatable bonds is 5. The maximum Gasteiger partial charge on any atom is 0.223 e. The van der Waals surface area contributed by atoms with Crippen molar-refractivity contribution in [2.45, 2.75) is 17.6 Å². The van der Waals surface area contributed by atoms with Crippen LogP contribution in [-0.4, -0.2) is 16.1 Å². The highest BCUT2D eigenvalue weighted by Gasteiger charge is 2.11. The zero-order valence-electron chi connectivity index (χ0n) is 12.5. The third-order valence-electron chi connectivity index (χ3n) is 3.06. The van der Waals surface area contributed by atoms with Crippen LogP contribution in [0.1, 0.15) is 12.5 Å². The van der Waals surface area contributed by atoms with Crippen LogP contribution in [0.3, 0.4) is 0 Å². The molecule has 0 saturated carbocycles. The van der Waals surface area contributed by atoms with Gasteiger partial charge < -0.3 is 5.32 Å². The van der Waals surface area contributed by atoms with Crippen molar-refractivity contribution in [2.24, 2.45) is 0 Å². The minimum Gasteiger partial charge on any atom is -0.301 e. The fourth-order valence-electron chi connectivity index (χ4n) is 2.04. The van der Waals surface area contributed by atoms with Crippen LogP contribution in [0.15, 0.2) is 59.5 Å². The predicted molar refractivity (Wildman–Crippen MR) is 95.7 cm³/mol. The van der Waals surface area contributed by atoms with Gasteiger partial charge in [-0.1, -0.05) is 59.9 Å². The monoisotopic (exact) mass is 341 g/mol. The summed E-state index contributed by atoms with van der Waals surface area (Å²) in [6.45, 7) is 1.46. The van der Waals surface area contributed by atoms with Crippen molar-refractivity contribution in [1.82, 2.24) is 10.2 Å². The fraction of sp³-hybridized carbons (Fsp3) is 0.118. The molecule has 0 fully saturated rings. The molecule has 0 atom stereocenters. The standard InChI is InChI=1S/C17H15N3OS2/c1-12(21)18-17-20-19-16(23-17)14-9-5-6-10-15(14)22-11-13-7-3-2-4-8-13/h2-10H,11H2,1H3,(H,18,20,21). The summed E-state index contributed by atoms with van der Waals surface area (Å²) in [5, 5.41) is 12.2. The van der Waals surface area contributed by atoms with Gasteiger partial charge in [-0.3, -0.25) is 4.79 Å². The molecule has 0 spiro atoms. The lowest BCUT2D eigenvalue weighted by Crippen LogP contribution is -2.04. The van der Waals surface area contributed by atoms with E-state index >= 15 is 0 Å². The molecule has 1 aromatic heterocycles. The quantitative estimate of drug-likeness (QED) is 0.696. The molecule has 0 aliphatic heterocycles. The van der Waals surface area contributed by atoms with Crippen LogP contribution in [0.4, 0.5) is 5.13 Å². The van der Waals surface area contributed by atoms with E-state index in [2.05, 4.69) is 33.7 Å². The van der Waals surface area contributed by atoms with Gasteiger partial charge in [-0.15, -0.1) is 22.0 Å². The Morgan fingerprint density at radius 3 is 2.61 bits per heavy atom. The number of nitrogens with one attached hydrogen (secondary N) is 1. The van der Waals surface area contributed by atoms with E-state index < -0.39 is 0 Å². The van der Waals surface area contributed by atoms with Gasteiger partial charge in [-0.05, 0) is 11.6 Å². The zero-order chi connectivity index (χ0) is 16.1. The third kappa shape index (κ3) is 4.18. The fourth-order valence-corrected chi connectivity index (χ4v) is 3.94. The van der Waals surface area contributed by atoms with Gasteiger partial charge >= 0.3 is 0 Å². The van der Waals surface area contributed by atoms with E-state index in [1.54, 1.807) is 11.8 Å². The van der Waals surface area contributed by atoms with Gasteiger partial charge in [0.2, 0.25) is 11.0 Å². The summed E-state index contributed by atoms with van der Waals surface area (Å²) in [5.74, 6) is 0.759. The van der Waals surface area contributed by atoms with Crippen molar-refractivity contribution in [3.63, 3.8) is 0 Å². The highest BCUT2D eigenvalue weighted by molar-refractivity contribution is 7.98. The Morgan fingerprint density at radius 1 is 1.09 bits per heavy atom. The maximum atomic E-state index is 11.1. The summed E-state index contributed by atoms with van der Waals surface area (Å²) in [6.07, 6.45) is 0. The summed E-state index contributed by atoms with van der Waals surface area (Å²) in [6, 6.07) is 18.5. The topological polar surface area (TPSA) is 54.9 Å². The average molecular weight is 341 g/mol. The van der Waals surface area contributed by atoms with E-state index in [0.717, 1.165) is 21.2 Å². The average Bonchev–Trinajstić information content (AvgIpc) is 3.02. The Kier molecular flexibility index (Phi) is 5.05. The molecular weight excluding hydrogens is 326 g/mol. The zero-order valence-corrected chi connectivity index (χ0v) is 14.2. The second-order valence-electron chi connectivity index (χ2n) is 4.86. The lowest BCUT2D eigenvalue weighted by atomic mass is 10.2. The smallest absolute Gasteiger partial charge is 0.223 e. The molecule has 3 aromatic rings. The number of amides is 1. The number of aromatic nitrogens is 2. The molecule has 0 aliphatic rings. The highest BCUT2D eigenvalue weighted by Crippen LogP contribution is 2.35. The Hall–Kier alpha value is -2.18. The lowest BCUT2D eigenvalue weighted by molar-refractivity contribution is -0.114. The van der Waals surface area contributed by atoms with Crippen LogP contribution in [-0.2, 0) is 10.5 Å². The maximum absolute atomic E-state index is 11.1. The van der Waals surface area contributed by atoms with Crippen LogP contribution in [0, 0.1) is 0 Å². The number of carbonyl (C=O) groups excluding carboxylic acids is 1. The highest BCUT2D eigenvalue weighted by atomic mass is 32.2. The Labute approximate surface area is 143 Å². The van der Waals surface area contributed by atoms with Crippen molar-refractivity contribution in [3.8, 4) is 10.6 Å². The number of benzene rings is 2. The first-order valence-corrected chi connectivity index (χ1v) is 8.90. The van der Waals surface area contributed by atoms with E-state index in [-0.39, 0.29) is 5.91 Å². The summed E-state index contributed by atoms with van der Waals surface area (Å²) >= 11 is 3.15. The molecule has 23 heavy (non-hydrogen) atoms. The summed E-state index contributed by atoms with van der Waals surface area (Å²) in [7, 11) is 0. The van der Waals surface area contributed by atoms with E-state index in [0.29, 0.717) is 5.13 Å². The number of thioether (sulfide) groups is 1. The number of nitrogens with zero attached hydrogens (tertiary/aromatic N) is 2. The molecule has 0 radical (unpaired) electrons. The Balaban J connectivity index is 1.80. The molecule has 116 valence electrons. The summed E-state index contributed by atoms with van der Waals surface area (Å²) in [4.78, 5) is 12.3. The number of anilines is 1. The molecule has 0 unspecified atom stereocenters. The molecular formula is C17H15N3OS2. The molecule has 4 nitrogen and oxygen atoms in total. The molecule has 1 N–H and O–H groups in total. The van der Waals surface area contributed by atoms with Gasteiger partial charge in [-0.25, -0.2) is 0 Å². The van der Waals surface area contributed by atoms with E-state index in [9.17, 15) is 4.79 Å². The van der Waals surface area contributed by atoms with Crippen LogP contribution in [0.25, 0.3) is 10.6 Å². The van der Waals surface area contributed by atoms with E-state index in [1.807, 2.05) is 36.4 Å². The lowest BCUT2D eigenvalue weighted by Gasteiger charge is -2.06. The van der Waals surface area contributed by atoms with E-state index in [1.165, 1.54) is 23.8 Å². The van der Waals surface area contributed by atoms with Crippen molar-refractivity contribution in [3.05, 3.63) is 60.2 Å². The van der Waals surface area contributed by atoms with Crippen LogP contribution < -0.4 is 5.32 Å². The largest absolute Gasteiger partial charge is 0.301 e. The van der Waals surface area contributed by atoms with Crippen molar-refractivity contribution >= 4 is 34.1 Å². The predicted octanol–water partition coefficient (Wildman–Crippen LogP) is 4.46. The third-order valence-corrected chi connectivity index (χ3v) is 5.08. The molecule has 2 aromatic carbocycles. The number of hydrogen-bond acceptors (Lipinski definition) is 5. The minimum atomic E-state index is -0.139. The van der Waals surface area contributed by atoms with Gasteiger partial charge in [0.15, 0.2) is 5.01 Å². The molecule has 0 saturated heterocycles. The second kappa shape index (κ2) is 7.39. The molecule has 0 bridgehead atoms. The molecule has 6 heteroatoms. The first-order valence-electron chi connectivity index (χ1n) is 7.09. The summed E-state index contributed by atoms with van der Waals surface area (Å²) in [5.41, 5.74) is 2.33. The molecule has 1 amide bonds. The van der Waals surface area contributed by atoms with Gasteiger partial charge in [0, 0.05) is 23.1 Å². The number of carbonyl (C=O) groups is 1. The second-order valence-corrected chi connectivity index (χ2v) is 6.86. The van der Waals surface area contributed by atoms with Gasteiger partial charge in [0.1, 0.15) is 0 Å².